The van der Waals surface area contributed by atoms with E-state index in [-0.39, 0.29) is 5.91 Å². The molecule has 0 spiro atoms. The average molecular weight is 219 g/mol. The molecular weight excluding hydrogens is 202 g/mol. The minimum Gasteiger partial charge on any atom is -0.397 e. The maximum absolute atomic E-state index is 12.0. The summed E-state index contributed by atoms with van der Waals surface area (Å²) in [6, 6.07) is 2.28. The first-order valence-electron chi connectivity index (χ1n) is 5.99. The number of rotatable bonds is 4. The third-order valence-electron chi connectivity index (χ3n) is 3.29. The molecule has 0 aliphatic heterocycles. The van der Waals surface area contributed by atoms with Crippen LogP contribution in [0.25, 0.3) is 0 Å². The Kier molecular flexibility index (Phi) is 2.16. The van der Waals surface area contributed by atoms with Crippen LogP contribution in [0.3, 0.4) is 0 Å². The summed E-state index contributed by atoms with van der Waals surface area (Å²) in [5, 5.41) is 2.98. The molecule has 16 heavy (non-hydrogen) atoms. The Morgan fingerprint density at radius 2 is 2.19 bits per heavy atom. The first-order valence-corrected chi connectivity index (χ1v) is 5.99. The molecule has 4 nitrogen and oxygen atoms in total. The number of aromatic nitrogens is 1. The maximum atomic E-state index is 12.0. The lowest BCUT2D eigenvalue weighted by atomic mass is 10.3. The Bertz CT molecular complexity index is 416. The summed E-state index contributed by atoms with van der Waals surface area (Å²) in [6.45, 7) is 0.814. The van der Waals surface area contributed by atoms with E-state index in [0.29, 0.717) is 17.6 Å². The van der Waals surface area contributed by atoms with Crippen LogP contribution in [0.15, 0.2) is 12.3 Å². The van der Waals surface area contributed by atoms with E-state index in [1.54, 1.807) is 6.07 Å². The van der Waals surface area contributed by atoms with Gasteiger partial charge in [0.2, 0.25) is 0 Å². The van der Waals surface area contributed by atoms with Gasteiger partial charge in [-0.15, -0.1) is 0 Å². The van der Waals surface area contributed by atoms with E-state index in [4.69, 9.17) is 5.73 Å². The average Bonchev–Trinajstić information content (AvgIpc) is 3.14. The highest BCUT2D eigenvalue weighted by molar-refractivity contribution is 5.93. The van der Waals surface area contributed by atoms with Crippen molar-refractivity contribution in [3.05, 3.63) is 18.0 Å². The molecule has 4 heteroatoms. The number of nitrogens with one attached hydrogen (secondary N) is 1. The van der Waals surface area contributed by atoms with Crippen LogP contribution in [0, 0.1) is 5.92 Å². The van der Waals surface area contributed by atoms with E-state index < -0.39 is 0 Å². The molecule has 0 radical (unpaired) electrons. The number of amides is 1. The van der Waals surface area contributed by atoms with Crippen LogP contribution in [0.1, 0.15) is 42.2 Å². The van der Waals surface area contributed by atoms with Crippen molar-refractivity contribution in [2.75, 3.05) is 12.3 Å². The summed E-state index contributed by atoms with van der Waals surface area (Å²) < 4.78 is 2.03. The molecule has 2 fully saturated rings. The van der Waals surface area contributed by atoms with E-state index in [9.17, 15) is 4.79 Å². The molecule has 1 aromatic rings. The van der Waals surface area contributed by atoms with Crippen LogP contribution in [0.2, 0.25) is 0 Å². The van der Waals surface area contributed by atoms with Crippen LogP contribution in [-0.2, 0) is 0 Å². The minimum absolute atomic E-state index is 0.0236. The zero-order valence-corrected chi connectivity index (χ0v) is 9.28. The first-order chi connectivity index (χ1) is 7.74. The molecule has 1 aromatic heterocycles. The van der Waals surface area contributed by atoms with Gasteiger partial charge in [-0.3, -0.25) is 4.79 Å². The number of nitrogens with two attached hydrogens (primary N) is 1. The first kappa shape index (κ1) is 9.75. The number of carbonyl (C=O) groups is 1. The Morgan fingerprint density at radius 3 is 2.81 bits per heavy atom. The van der Waals surface area contributed by atoms with Gasteiger partial charge in [0.15, 0.2) is 0 Å². The summed E-state index contributed by atoms with van der Waals surface area (Å²) in [5.74, 6) is 0.737. The number of carbonyl (C=O) groups excluding carboxylic acids is 1. The van der Waals surface area contributed by atoms with Gasteiger partial charge >= 0.3 is 0 Å². The molecule has 2 saturated carbocycles. The van der Waals surface area contributed by atoms with E-state index in [1.165, 1.54) is 12.8 Å². The Labute approximate surface area is 94.8 Å². The summed E-state index contributed by atoms with van der Waals surface area (Å²) in [4.78, 5) is 12.0. The van der Waals surface area contributed by atoms with Gasteiger partial charge in [-0.25, -0.2) is 0 Å². The molecule has 0 unspecified atom stereocenters. The fraction of sp³-hybridized carbons (Fsp3) is 0.583. The molecule has 86 valence electrons. The van der Waals surface area contributed by atoms with E-state index in [1.807, 2.05) is 10.8 Å². The Hall–Kier alpha value is -1.45. The van der Waals surface area contributed by atoms with Crippen molar-refractivity contribution in [3.8, 4) is 0 Å². The van der Waals surface area contributed by atoms with Gasteiger partial charge < -0.3 is 15.6 Å². The quantitative estimate of drug-likeness (QED) is 0.807. The molecule has 0 saturated heterocycles. The molecule has 3 N–H and O–H groups in total. The molecule has 3 rings (SSSR count). The van der Waals surface area contributed by atoms with Crippen LogP contribution in [0.4, 0.5) is 5.69 Å². The lowest BCUT2D eigenvalue weighted by molar-refractivity contribution is 0.0942. The van der Waals surface area contributed by atoms with Gasteiger partial charge in [0.1, 0.15) is 5.69 Å². The second-order valence-electron chi connectivity index (χ2n) is 4.95. The van der Waals surface area contributed by atoms with Gasteiger partial charge in [0.25, 0.3) is 5.91 Å². The number of nitrogen functional groups attached to an aromatic ring is 1. The smallest absolute Gasteiger partial charge is 0.268 e. The monoisotopic (exact) mass is 219 g/mol. The largest absolute Gasteiger partial charge is 0.397 e. The Balaban J connectivity index is 1.72. The molecule has 2 aliphatic rings. The molecule has 0 bridgehead atoms. The van der Waals surface area contributed by atoms with Crippen LogP contribution in [0.5, 0.6) is 0 Å². The maximum Gasteiger partial charge on any atom is 0.268 e. The van der Waals surface area contributed by atoms with Crippen molar-refractivity contribution in [2.24, 2.45) is 5.92 Å². The minimum atomic E-state index is 0.0236. The second kappa shape index (κ2) is 3.54. The van der Waals surface area contributed by atoms with Crippen LogP contribution < -0.4 is 11.1 Å². The SMILES string of the molecule is Nc1cc(C(=O)NCC2CC2)n(C2CC2)c1. The van der Waals surface area contributed by atoms with E-state index in [2.05, 4.69) is 5.32 Å². The molecular formula is C12H17N3O. The predicted octanol–water partition coefficient (Wildman–Crippen LogP) is 1.54. The summed E-state index contributed by atoms with van der Waals surface area (Å²) in [7, 11) is 0. The highest BCUT2D eigenvalue weighted by Gasteiger charge is 2.28. The fourth-order valence-electron chi connectivity index (χ4n) is 1.99. The highest BCUT2D eigenvalue weighted by Crippen LogP contribution is 2.37. The van der Waals surface area contributed by atoms with Crippen molar-refractivity contribution in [3.63, 3.8) is 0 Å². The summed E-state index contributed by atoms with van der Waals surface area (Å²) >= 11 is 0. The molecule has 0 aromatic carbocycles. The molecule has 1 heterocycles. The van der Waals surface area contributed by atoms with Gasteiger partial charge in [-0.1, -0.05) is 0 Å². The Morgan fingerprint density at radius 1 is 1.44 bits per heavy atom. The highest BCUT2D eigenvalue weighted by atomic mass is 16.1. The molecule has 0 atom stereocenters. The van der Waals surface area contributed by atoms with Crippen LogP contribution >= 0.6 is 0 Å². The van der Waals surface area contributed by atoms with Gasteiger partial charge in [0.05, 0.1) is 5.69 Å². The standard InChI is InChI=1S/C12H17N3O/c13-9-5-11(15(7-9)10-3-4-10)12(16)14-6-8-1-2-8/h5,7-8,10H,1-4,6,13H2,(H,14,16). The van der Waals surface area contributed by atoms with Crippen LogP contribution in [-0.4, -0.2) is 17.0 Å². The molecule has 2 aliphatic carbocycles. The van der Waals surface area contributed by atoms with Crippen molar-refractivity contribution in [1.29, 1.82) is 0 Å². The van der Waals surface area contributed by atoms with Crippen molar-refractivity contribution in [1.82, 2.24) is 9.88 Å². The lowest BCUT2D eigenvalue weighted by Gasteiger charge is -2.07. The normalized spacial score (nSPS) is 19.8. The van der Waals surface area contributed by atoms with E-state index in [0.717, 1.165) is 25.1 Å². The third-order valence-corrected chi connectivity index (χ3v) is 3.29. The zero-order chi connectivity index (χ0) is 11.1. The number of anilines is 1. The van der Waals surface area contributed by atoms with E-state index >= 15 is 0 Å². The van der Waals surface area contributed by atoms with Crippen molar-refractivity contribution < 1.29 is 4.79 Å². The predicted molar refractivity (Wildman–Crippen MR) is 62.2 cm³/mol. The fourth-order valence-corrected chi connectivity index (χ4v) is 1.99. The third kappa shape index (κ3) is 1.92. The zero-order valence-electron chi connectivity index (χ0n) is 9.28. The van der Waals surface area contributed by atoms with Crippen molar-refractivity contribution >= 4 is 11.6 Å². The topological polar surface area (TPSA) is 60.1 Å². The summed E-state index contributed by atoms with van der Waals surface area (Å²) in [6.07, 6.45) is 6.72. The summed E-state index contributed by atoms with van der Waals surface area (Å²) in [5.41, 5.74) is 7.16. The number of hydrogen-bond acceptors (Lipinski definition) is 2. The number of nitrogens with zero attached hydrogens (tertiary/aromatic N) is 1. The van der Waals surface area contributed by atoms with Crippen molar-refractivity contribution in [2.45, 2.75) is 31.7 Å². The number of hydrogen-bond donors (Lipinski definition) is 2. The van der Waals surface area contributed by atoms with Gasteiger partial charge in [-0.2, -0.15) is 0 Å². The second-order valence-corrected chi connectivity index (χ2v) is 4.95. The lowest BCUT2D eigenvalue weighted by Crippen LogP contribution is -2.27. The molecule has 1 amide bonds. The van der Waals surface area contributed by atoms with Gasteiger partial charge in [-0.05, 0) is 37.7 Å². The van der Waals surface area contributed by atoms with Gasteiger partial charge in [0, 0.05) is 18.8 Å².